The molecule has 0 bridgehead atoms. The minimum Gasteiger partial charge on any atom is -0.339 e. The zero-order valence-corrected chi connectivity index (χ0v) is 8.24. The minimum absolute atomic E-state index is 0.180. The van der Waals surface area contributed by atoms with Crippen molar-refractivity contribution in [1.82, 2.24) is 10.3 Å². The molecule has 1 aromatic rings. The summed E-state index contributed by atoms with van der Waals surface area (Å²) in [6, 6.07) is 3.19. The molecule has 0 aliphatic heterocycles. The number of aryl methyl sites for hydroxylation is 1. The summed E-state index contributed by atoms with van der Waals surface area (Å²) in [4.78, 5) is 15.6. The number of nitrogens with one attached hydrogen (secondary N) is 1. The van der Waals surface area contributed by atoms with Crippen LogP contribution in [0.25, 0.3) is 0 Å². The summed E-state index contributed by atoms with van der Waals surface area (Å²) in [5.74, 6) is 2.25. The van der Waals surface area contributed by atoms with Crippen LogP contribution in [0, 0.1) is 19.3 Å². The molecule has 0 radical (unpaired) electrons. The number of terminal acetylenes is 1. The number of rotatable bonds is 2. The van der Waals surface area contributed by atoms with Crippen molar-refractivity contribution in [2.45, 2.75) is 19.9 Å². The van der Waals surface area contributed by atoms with Gasteiger partial charge in [0.05, 0.1) is 11.6 Å². The summed E-state index contributed by atoms with van der Waals surface area (Å²) in [6.45, 7) is 3.54. The van der Waals surface area contributed by atoms with Crippen LogP contribution in [-0.2, 0) is 0 Å². The van der Waals surface area contributed by atoms with Gasteiger partial charge in [-0.05, 0) is 26.0 Å². The summed E-state index contributed by atoms with van der Waals surface area (Å²) in [5.41, 5.74) is 1.27. The molecular weight excluding hydrogens is 176 g/mol. The van der Waals surface area contributed by atoms with Crippen molar-refractivity contribution >= 4 is 5.91 Å². The lowest BCUT2D eigenvalue weighted by Crippen LogP contribution is -2.31. The third-order valence-corrected chi connectivity index (χ3v) is 1.85. The highest BCUT2D eigenvalue weighted by atomic mass is 16.1. The van der Waals surface area contributed by atoms with Crippen molar-refractivity contribution < 1.29 is 4.79 Å². The molecule has 1 atom stereocenters. The van der Waals surface area contributed by atoms with Gasteiger partial charge in [-0.15, -0.1) is 6.42 Å². The van der Waals surface area contributed by atoms with E-state index in [2.05, 4.69) is 16.2 Å². The predicted octanol–water partition coefficient (Wildman–Crippen LogP) is 1.14. The zero-order chi connectivity index (χ0) is 10.6. The Labute approximate surface area is 83.6 Å². The van der Waals surface area contributed by atoms with Crippen molar-refractivity contribution in [2.24, 2.45) is 0 Å². The quantitative estimate of drug-likeness (QED) is 0.707. The zero-order valence-electron chi connectivity index (χ0n) is 8.24. The first kappa shape index (κ1) is 10.3. The Bertz CT molecular complexity index is 379. The van der Waals surface area contributed by atoms with E-state index in [9.17, 15) is 4.79 Å². The average molecular weight is 188 g/mol. The van der Waals surface area contributed by atoms with Gasteiger partial charge in [-0.25, -0.2) is 0 Å². The Morgan fingerprint density at radius 2 is 2.43 bits per heavy atom. The largest absolute Gasteiger partial charge is 0.339 e. The van der Waals surface area contributed by atoms with Gasteiger partial charge in [-0.3, -0.25) is 9.78 Å². The standard InChI is InChI=1S/C11H12N2O/c1-4-8(2)13-11(14)10-6-5-7-12-9(10)3/h1,5-8H,2-3H3,(H,13,14). The molecule has 0 saturated heterocycles. The van der Waals surface area contributed by atoms with Gasteiger partial charge in [0.15, 0.2) is 0 Å². The highest BCUT2D eigenvalue weighted by molar-refractivity contribution is 5.95. The summed E-state index contributed by atoms with van der Waals surface area (Å²) < 4.78 is 0. The molecule has 3 heteroatoms. The van der Waals surface area contributed by atoms with E-state index < -0.39 is 0 Å². The number of hydrogen-bond donors (Lipinski definition) is 1. The second-order valence-electron chi connectivity index (χ2n) is 3.00. The molecule has 0 aliphatic rings. The summed E-state index contributed by atoms with van der Waals surface area (Å²) in [7, 11) is 0. The van der Waals surface area contributed by atoms with Gasteiger partial charge in [0.25, 0.3) is 5.91 Å². The Morgan fingerprint density at radius 1 is 1.71 bits per heavy atom. The predicted molar refractivity (Wildman–Crippen MR) is 54.7 cm³/mol. The fourth-order valence-electron chi connectivity index (χ4n) is 1.04. The van der Waals surface area contributed by atoms with Crippen LogP contribution in [0.15, 0.2) is 18.3 Å². The van der Waals surface area contributed by atoms with Crippen LogP contribution in [0.4, 0.5) is 0 Å². The van der Waals surface area contributed by atoms with Crippen molar-refractivity contribution in [3.8, 4) is 12.3 Å². The van der Waals surface area contributed by atoms with Crippen molar-refractivity contribution in [3.05, 3.63) is 29.6 Å². The second-order valence-corrected chi connectivity index (χ2v) is 3.00. The topological polar surface area (TPSA) is 42.0 Å². The SMILES string of the molecule is C#CC(C)NC(=O)c1cccnc1C. The van der Waals surface area contributed by atoms with Gasteiger partial charge in [0, 0.05) is 11.9 Å². The van der Waals surface area contributed by atoms with E-state index in [0.717, 1.165) is 0 Å². The molecule has 1 aromatic heterocycles. The van der Waals surface area contributed by atoms with Gasteiger partial charge < -0.3 is 5.32 Å². The van der Waals surface area contributed by atoms with Crippen LogP contribution in [-0.4, -0.2) is 16.9 Å². The van der Waals surface area contributed by atoms with Crippen LogP contribution in [0.2, 0.25) is 0 Å². The maximum absolute atomic E-state index is 11.6. The Morgan fingerprint density at radius 3 is 3.00 bits per heavy atom. The van der Waals surface area contributed by atoms with Crippen molar-refractivity contribution in [1.29, 1.82) is 0 Å². The van der Waals surface area contributed by atoms with Gasteiger partial charge in [0.2, 0.25) is 0 Å². The second kappa shape index (κ2) is 4.43. The van der Waals surface area contributed by atoms with Gasteiger partial charge in [0.1, 0.15) is 0 Å². The summed E-state index contributed by atoms with van der Waals surface area (Å²) in [5, 5.41) is 2.67. The molecule has 72 valence electrons. The van der Waals surface area contributed by atoms with Crippen molar-refractivity contribution in [3.63, 3.8) is 0 Å². The molecule has 1 N–H and O–H groups in total. The van der Waals surface area contributed by atoms with Crippen LogP contribution in [0.1, 0.15) is 23.0 Å². The highest BCUT2D eigenvalue weighted by Crippen LogP contribution is 2.03. The Hall–Kier alpha value is -1.82. The van der Waals surface area contributed by atoms with Crippen LogP contribution < -0.4 is 5.32 Å². The molecule has 0 aromatic carbocycles. The minimum atomic E-state index is -0.262. The van der Waals surface area contributed by atoms with Crippen LogP contribution in [0.3, 0.4) is 0 Å². The number of carbonyl (C=O) groups excluding carboxylic acids is 1. The fourth-order valence-corrected chi connectivity index (χ4v) is 1.04. The molecule has 3 nitrogen and oxygen atoms in total. The number of pyridine rings is 1. The highest BCUT2D eigenvalue weighted by Gasteiger charge is 2.10. The maximum atomic E-state index is 11.6. The number of nitrogens with zero attached hydrogens (tertiary/aromatic N) is 1. The van der Waals surface area contributed by atoms with E-state index in [4.69, 9.17) is 6.42 Å². The smallest absolute Gasteiger partial charge is 0.254 e. The Balaban J connectivity index is 2.81. The molecule has 0 saturated carbocycles. The number of carbonyl (C=O) groups is 1. The van der Waals surface area contributed by atoms with E-state index in [1.54, 1.807) is 32.2 Å². The first-order chi connectivity index (χ1) is 6.65. The molecule has 1 amide bonds. The van der Waals surface area contributed by atoms with Crippen molar-refractivity contribution in [2.75, 3.05) is 0 Å². The van der Waals surface area contributed by atoms with E-state index in [1.165, 1.54) is 0 Å². The maximum Gasteiger partial charge on any atom is 0.254 e. The summed E-state index contributed by atoms with van der Waals surface area (Å²) >= 11 is 0. The van der Waals surface area contributed by atoms with Gasteiger partial charge >= 0.3 is 0 Å². The van der Waals surface area contributed by atoms with Gasteiger partial charge in [-0.1, -0.05) is 5.92 Å². The molecule has 14 heavy (non-hydrogen) atoms. The first-order valence-corrected chi connectivity index (χ1v) is 4.33. The first-order valence-electron chi connectivity index (χ1n) is 4.33. The lowest BCUT2D eigenvalue weighted by molar-refractivity contribution is 0.0947. The van der Waals surface area contributed by atoms with Crippen LogP contribution >= 0.6 is 0 Å². The Kier molecular flexibility index (Phi) is 3.24. The molecule has 1 unspecified atom stereocenters. The fraction of sp³-hybridized carbons (Fsp3) is 0.273. The molecular formula is C11H12N2O. The van der Waals surface area contributed by atoms with E-state index in [1.807, 2.05) is 0 Å². The third kappa shape index (κ3) is 2.33. The number of hydrogen-bond acceptors (Lipinski definition) is 2. The average Bonchev–Trinajstić information content (AvgIpc) is 2.18. The number of aromatic nitrogens is 1. The molecule has 0 aliphatic carbocycles. The van der Waals surface area contributed by atoms with Crippen LogP contribution in [0.5, 0.6) is 0 Å². The van der Waals surface area contributed by atoms with E-state index in [-0.39, 0.29) is 11.9 Å². The van der Waals surface area contributed by atoms with Gasteiger partial charge in [-0.2, -0.15) is 0 Å². The molecule has 0 fully saturated rings. The lowest BCUT2D eigenvalue weighted by atomic mass is 10.2. The molecule has 0 spiro atoms. The third-order valence-electron chi connectivity index (χ3n) is 1.85. The lowest BCUT2D eigenvalue weighted by Gasteiger charge is -2.08. The normalized spacial score (nSPS) is 11.5. The molecule has 1 rings (SSSR count). The molecule has 1 heterocycles. The summed E-state index contributed by atoms with van der Waals surface area (Å²) in [6.07, 6.45) is 6.81. The van der Waals surface area contributed by atoms with E-state index in [0.29, 0.717) is 11.3 Å². The monoisotopic (exact) mass is 188 g/mol. The number of amides is 1. The van der Waals surface area contributed by atoms with E-state index >= 15 is 0 Å².